The Hall–Kier alpha value is -2.03. The van der Waals surface area contributed by atoms with Crippen molar-refractivity contribution >= 4 is 34.8 Å². The van der Waals surface area contributed by atoms with Crippen molar-refractivity contribution in [2.45, 2.75) is 29.1 Å². The minimum Gasteiger partial charge on any atom is -0.381 e. The van der Waals surface area contributed by atoms with Gasteiger partial charge in [0.25, 0.3) is 5.56 Å². The van der Waals surface area contributed by atoms with Crippen molar-refractivity contribution in [2.75, 3.05) is 31.2 Å². The first-order valence-corrected chi connectivity index (χ1v) is 10.9. The Kier molecular flexibility index (Phi) is 4.80. The van der Waals surface area contributed by atoms with Gasteiger partial charge < -0.3 is 9.64 Å². The summed E-state index contributed by atoms with van der Waals surface area (Å²) in [4.78, 5) is 21.2. The lowest BCUT2D eigenvalue weighted by atomic mass is 9.78. The minimum atomic E-state index is -0.0612. The number of ether oxygens (including phenoxy) is 1. The Morgan fingerprint density at radius 1 is 1.21 bits per heavy atom. The fraction of sp³-hybridized carbons (Fsp3) is 0.450. The van der Waals surface area contributed by atoms with Crippen molar-refractivity contribution in [1.82, 2.24) is 19.2 Å². The van der Waals surface area contributed by atoms with E-state index in [1.54, 1.807) is 28.5 Å². The number of nitrogens with zero attached hydrogens (tertiary/aromatic N) is 5. The number of halogens is 1. The summed E-state index contributed by atoms with van der Waals surface area (Å²) in [5.74, 6) is 0.727. The third-order valence-electron chi connectivity index (χ3n) is 6.10. The summed E-state index contributed by atoms with van der Waals surface area (Å²) < 4.78 is 8.98. The maximum atomic E-state index is 13.0. The average molecular weight is 432 g/mol. The van der Waals surface area contributed by atoms with Crippen LogP contribution in [0.5, 0.6) is 0 Å². The van der Waals surface area contributed by atoms with Gasteiger partial charge in [0.1, 0.15) is 0 Å². The van der Waals surface area contributed by atoms with Crippen molar-refractivity contribution in [2.24, 2.45) is 12.5 Å². The molecule has 1 spiro atoms. The summed E-state index contributed by atoms with van der Waals surface area (Å²) in [6, 6.07) is 3.72. The van der Waals surface area contributed by atoms with Crippen molar-refractivity contribution in [3.8, 4) is 0 Å². The average Bonchev–Trinajstić information content (AvgIpc) is 3.39. The van der Waals surface area contributed by atoms with Crippen LogP contribution in [0, 0.1) is 5.41 Å². The van der Waals surface area contributed by atoms with Gasteiger partial charge in [-0.25, -0.2) is 9.50 Å². The van der Waals surface area contributed by atoms with Gasteiger partial charge in [-0.1, -0.05) is 23.4 Å². The summed E-state index contributed by atoms with van der Waals surface area (Å²) in [6.07, 6.45) is 8.52. The zero-order chi connectivity index (χ0) is 20.0. The molecule has 0 bridgehead atoms. The van der Waals surface area contributed by atoms with Gasteiger partial charge in [0, 0.05) is 37.8 Å². The Balaban J connectivity index is 1.38. The molecule has 7 nitrogen and oxygen atoms in total. The standard InChI is InChI=1S/C20H22ClN5O2S/c1-24-18(27)16(29-15-3-8-26-14(17(15)21)2-7-23-26)12-22-19(24)25-9-4-20(5-10-25)6-11-28-13-20/h2-3,7-8,12H,4-6,9-11,13H2,1H3. The molecule has 29 heavy (non-hydrogen) atoms. The molecule has 3 aromatic rings. The summed E-state index contributed by atoms with van der Waals surface area (Å²) >= 11 is 7.85. The molecule has 0 N–H and O–H groups in total. The SMILES string of the molecule is Cn1c(N2CCC3(CCOC3)CC2)ncc(Sc2ccn3nccc3c2Cl)c1=O. The van der Waals surface area contributed by atoms with Crippen LogP contribution in [-0.4, -0.2) is 45.5 Å². The Bertz CT molecular complexity index is 1110. The summed E-state index contributed by atoms with van der Waals surface area (Å²) in [7, 11) is 1.79. The number of piperidine rings is 1. The van der Waals surface area contributed by atoms with Gasteiger partial charge in [0.15, 0.2) is 0 Å². The fourth-order valence-corrected chi connectivity index (χ4v) is 5.46. The van der Waals surface area contributed by atoms with Gasteiger partial charge in [-0.15, -0.1) is 0 Å². The molecule has 0 unspecified atom stereocenters. The molecule has 0 atom stereocenters. The topological polar surface area (TPSA) is 64.7 Å². The summed E-state index contributed by atoms with van der Waals surface area (Å²) in [5, 5.41) is 4.76. The molecule has 152 valence electrons. The lowest BCUT2D eigenvalue weighted by molar-refractivity contribution is 0.133. The van der Waals surface area contributed by atoms with Crippen LogP contribution < -0.4 is 10.5 Å². The molecule has 0 amide bonds. The van der Waals surface area contributed by atoms with E-state index < -0.39 is 0 Å². The highest BCUT2D eigenvalue weighted by atomic mass is 35.5. The number of fused-ring (bicyclic) bond motifs is 1. The molecule has 5 heterocycles. The lowest BCUT2D eigenvalue weighted by Gasteiger charge is -2.39. The third kappa shape index (κ3) is 3.33. The number of anilines is 1. The Morgan fingerprint density at radius 2 is 2.03 bits per heavy atom. The molecule has 0 aromatic carbocycles. The molecule has 2 aliphatic heterocycles. The van der Waals surface area contributed by atoms with E-state index in [0.717, 1.165) is 61.9 Å². The first-order chi connectivity index (χ1) is 14.1. The molecule has 2 aliphatic rings. The molecular weight excluding hydrogens is 410 g/mol. The molecule has 0 radical (unpaired) electrons. The summed E-state index contributed by atoms with van der Waals surface area (Å²) in [6.45, 7) is 3.54. The quantitative estimate of drug-likeness (QED) is 0.634. The van der Waals surface area contributed by atoms with Crippen LogP contribution in [0.2, 0.25) is 5.02 Å². The van der Waals surface area contributed by atoms with Crippen LogP contribution >= 0.6 is 23.4 Å². The van der Waals surface area contributed by atoms with Crippen molar-refractivity contribution < 1.29 is 4.74 Å². The molecule has 3 aromatic heterocycles. The first-order valence-electron chi connectivity index (χ1n) is 9.75. The predicted molar refractivity (Wildman–Crippen MR) is 113 cm³/mol. The highest BCUT2D eigenvalue weighted by Crippen LogP contribution is 2.40. The van der Waals surface area contributed by atoms with Gasteiger partial charge in [-0.3, -0.25) is 9.36 Å². The van der Waals surface area contributed by atoms with Crippen LogP contribution in [0.4, 0.5) is 5.95 Å². The highest BCUT2D eigenvalue weighted by molar-refractivity contribution is 7.99. The monoisotopic (exact) mass is 431 g/mol. The van der Waals surface area contributed by atoms with Crippen LogP contribution in [0.25, 0.3) is 5.52 Å². The van der Waals surface area contributed by atoms with Gasteiger partial charge in [0.05, 0.1) is 34.4 Å². The second-order valence-corrected chi connectivity index (χ2v) is 9.30. The van der Waals surface area contributed by atoms with Gasteiger partial charge in [-0.05, 0) is 36.8 Å². The maximum absolute atomic E-state index is 13.0. The van der Waals surface area contributed by atoms with Crippen LogP contribution in [-0.2, 0) is 11.8 Å². The van der Waals surface area contributed by atoms with E-state index in [1.807, 2.05) is 18.3 Å². The molecule has 5 rings (SSSR count). The maximum Gasteiger partial charge on any atom is 0.268 e. The second kappa shape index (κ2) is 7.34. The van der Waals surface area contributed by atoms with E-state index in [4.69, 9.17) is 16.3 Å². The highest BCUT2D eigenvalue weighted by Gasteiger charge is 2.38. The van der Waals surface area contributed by atoms with Gasteiger partial charge >= 0.3 is 0 Å². The van der Waals surface area contributed by atoms with E-state index in [2.05, 4.69) is 15.0 Å². The van der Waals surface area contributed by atoms with E-state index >= 15 is 0 Å². The van der Waals surface area contributed by atoms with Gasteiger partial charge in [0.2, 0.25) is 5.95 Å². The lowest BCUT2D eigenvalue weighted by Crippen LogP contribution is -2.43. The molecule has 9 heteroatoms. The van der Waals surface area contributed by atoms with E-state index in [0.29, 0.717) is 15.3 Å². The normalized spacial score (nSPS) is 18.8. The number of hydrogen-bond donors (Lipinski definition) is 0. The molecule has 2 fully saturated rings. The largest absolute Gasteiger partial charge is 0.381 e. The second-order valence-electron chi connectivity index (χ2n) is 7.83. The number of pyridine rings is 1. The van der Waals surface area contributed by atoms with E-state index in [-0.39, 0.29) is 5.56 Å². The Morgan fingerprint density at radius 3 is 2.79 bits per heavy atom. The molecular formula is C20H22ClN5O2S. The minimum absolute atomic E-state index is 0.0612. The van der Waals surface area contributed by atoms with Crippen molar-refractivity contribution in [1.29, 1.82) is 0 Å². The van der Waals surface area contributed by atoms with Gasteiger partial charge in [-0.2, -0.15) is 5.10 Å². The van der Waals surface area contributed by atoms with E-state index in [1.165, 1.54) is 11.8 Å². The Labute approximate surface area is 177 Å². The number of rotatable bonds is 3. The number of hydrogen-bond acceptors (Lipinski definition) is 6. The van der Waals surface area contributed by atoms with Crippen LogP contribution in [0.15, 0.2) is 45.3 Å². The molecule has 2 saturated heterocycles. The van der Waals surface area contributed by atoms with Crippen LogP contribution in [0.1, 0.15) is 19.3 Å². The molecule has 0 aliphatic carbocycles. The molecule has 0 saturated carbocycles. The number of aromatic nitrogens is 4. The van der Waals surface area contributed by atoms with Crippen LogP contribution in [0.3, 0.4) is 0 Å². The zero-order valence-corrected chi connectivity index (χ0v) is 17.7. The summed E-state index contributed by atoms with van der Waals surface area (Å²) in [5.41, 5.74) is 1.08. The first kappa shape index (κ1) is 19.0. The van der Waals surface area contributed by atoms with E-state index in [9.17, 15) is 4.79 Å². The van der Waals surface area contributed by atoms with Crippen molar-refractivity contribution in [3.63, 3.8) is 0 Å². The zero-order valence-electron chi connectivity index (χ0n) is 16.2. The fourth-order valence-electron chi connectivity index (χ4n) is 4.24. The third-order valence-corrected chi connectivity index (χ3v) is 7.67. The van der Waals surface area contributed by atoms with Crippen molar-refractivity contribution in [3.05, 3.63) is 46.1 Å². The predicted octanol–water partition coefficient (Wildman–Crippen LogP) is 3.24. The smallest absolute Gasteiger partial charge is 0.268 e.